The van der Waals surface area contributed by atoms with Crippen LogP contribution in [0.25, 0.3) is 0 Å². The maximum Gasteiger partial charge on any atom is 0.346 e. The van der Waals surface area contributed by atoms with E-state index in [1.165, 1.54) is 21.4 Å². The average Bonchev–Trinajstić information content (AvgIpc) is 3.14. The lowest BCUT2D eigenvalue weighted by molar-refractivity contribution is -0.135. The van der Waals surface area contributed by atoms with E-state index in [0.29, 0.717) is 30.7 Å². The smallest absolute Gasteiger partial charge is 0.335 e. The van der Waals surface area contributed by atoms with Crippen LogP contribution < -0.4 is 5.69 Å². The third-order valence-electron chi connectivity index (χ3n) is 5.12. The third kappa shape index (κ3) is 3.38. The number of aromatic nitrogens is 3. The lowest BCUT2D eigenvalue weighted by Crippen LogP contribution is -2.42. The first-order chi connectivity index (χ1) is 12.8. The minimum atomic E-state index is -2.88. The first kappa shape index (κ1) is 17.8. The zero-order valence-corrected chi connectivity index (χ0v) is 14.6. The number of hydrogen-bond donors (Lipinski definition) is 0. The van der Waals surface area contributed by atoms with Crippen molar-refractivity contribution < 1.29 is 18.0 Å². The summed E-state index contributed by atoms with van der Waals surface area (Å²) >= 11 is 0. The Hall–Kier alpha value is -2.58. The fourth-order valence-electron chi connectivity index (χ4n) is 3.81. The van der Waals surface area contributed by atoms with Gasteiger partial charge in [-0.3, -0.25) is 9.36 Å². The molecule has 0 radical (unpaired) electrons. The summed E-state index contributed by atoms with van der Waals surface area (Å²) in [6.45, 7) is -0.535. The van der Waals surface area contributed by atoms with E-state index in [-0.39, 0.29) is 19.5 Å². The third-order valence-corrected chi connectivity index (χ3v) is 5.12. The summed E-state index contributed by atoms with van der Waals surface area (Å²) in [5.74, 6) is -3.28. The second-order valence-corrected chi connectivity index (χ2v) is 7.13. The van der Waals surface area contributed by atoms with E-state index in [1.54, 1.807) is 12.1 Å². The number of rotatable bonds is 3. The molecule has 0 unspecified atom stereocenters. The SMILES string of the molecule is O=C([C@H]1CCCc2nn(Cc3cccc(F)c3)c(=O)n21)N1CCC(F)(F)C1. The van der Waals surface area contributed by atoms with Crippen molar-refractivity contribution in [2.24, 2.45) is 0 Å². The normalized spacial score (nSPS) is 21.3. The number of alkyl halides is 2. The highest BCUT2D eigenvalue weighted by atomic mass is 19.3. The molecule has 0 saturated carbocycles. The minimum absolute atomic E-state index is 0.0101. The molecule has 2 aliphatic heterocycles. The van der Waals surface area contributed by atoms with E-state index in [4.69, 9.17) is 0 Å². The molecule has 1 atom stereocenters. The molecule has 1 aromatic heterocycles. The van der Waals surface area contributed by atoms with Crippen LogP contribution in [0.4, 0.5) is 13.2 Å². The number of likely N-dealkylation sites (tertiary alicyclic amines) is 1. The van der Waals surface area contributed by atoms with Gasteiger partial charge in [-0.1, -0.05) is 12.1 Å². The zero-order valence-electron chi connectivity index (χ0n) is 14.6. The van der Waals surface area contributed by atoms with Gasteiger partial charge in [-0.05, 0) is 30.5 Å². The van der Waals surface area contributed by atoms with Crippen molar-refractivity contribution in [2.45, 2.75) is 44.2 Å². The van der Waals surface area contributed by atoms with E-state index in [2.05, 4.69) is 5.10 Å². The quantitative estimate of drug-likeness (QED) is 0.818. The van der Waals surface area contributed by atoms with Crippen LogP contribution >= 0.6 is 0 Å². The van der Waals surface area contributed by atoms with Gasteiger partial charge in [-0.2, -0.15) is 5.10 Å². The van der Waals surface area contributed by atoms with Gasteiger partial charge < -0.3 is 4.90 Å². The molecule has 1 saturated heterocycles. The van der Waals surface area contributed by atoms with Gasteiger partial charge in [0.25, 0.3) is 5.92 Å². The lowest BCUT2D eigenvalue weighted by Gasteiger charge is -2.27. The molecule has 1 fully saturated rings. The fourth-order valence-corrected chi connectivity index (χ4v) is 3.81. The van der Waals surface area contributed by atoms with Crippen molar-refractivity contribution in [1.29, 1.82) is 0 Å². The maximum atomic E-state index is 13.5. The number of aryl methyl sites for hydroxylation is 1. The zero-order chi connectivity index (χ0) is 19.2. The van der Waals surface area contributed by atoms with Crippen molar-refractivity contribution in [3.05, 3.63) is 52.0 Å². The number of amides is 1. The Morgan fingerprint density at radius 2 is 2.15 bits per heavy atom. The Labute approximate surface area is 153 Å². The van der Waals surface area contributed by atoms with Crippen LogP contribution in [0, 0.1) is 5.82 Å². The van der Waals surface area contributed by atoms with E-state index in [9.17, 15) is 22.8 Å². The molecular formula is C18H19F3N4O2. The Morgan fingerprint density at radius 3 is 2.85 bits per heavy atom. The monoisotopic (exact) mass is 380 g/mol. The van der Waals surface area contributed by atoms with Crippen LogP contribution in [0.1, 0.15) is 36.7 Å². The molecule has 0 bridgehead atoms. The molecule has 1 aromatic carbocycles. The molecule has 0 spiro atoms. The topological polar surface area (TPSA) is 60.1 Å². The van der Waals surface area contributed by atoms with E-state index in [0.717, 1.165) is 4.90 Å². The van der Waals surface area contributed by atoms with Gasteiger partial charge in [0.1, 0.15) is 17.7 Å². The summed E-state index contributed by atoms with van der Waals surface area (Å²) in [4.78, 5) is 26.7. The number of nitrogens with zero attached hydrogens (tertiary/aromatic N) is 4. The van der Waals surface area contributed by atoms with E-state index in [1.807, 2.05) is 0 Å². The Bertz CT molecular complexity index is 937. The van der Waals surface area contributed by atoms with Crippen molar-refractivity contribution in [3.63, 3.8) is 0 Å². The van der Waals surface area contributed by atoms with E-state index >= 15 is 0 Å². The van der Waals surface area contributed by atoms with Crippen LogP contribution in [-0.2, 0) is 17.8 Å². The number of carbonyl (C=O) groups is 1. The summed E-state index contributed by atoms with van der Waals surface area (Å²) in [5.41, 5.74) is 0.105. The highest BCUT2D eigenvalue weighted by molar-refractivity contribution is 5.81. The highest BCUT2D eigenvalue weighted by Gasteiger charge is 2.43. The second-order valence-electron chi connectivity index (χ2n) is 7.13. The van der Waals surface area contributed by atoms with Crippen molar-refractivity contribution in [2.75, 3.05) is 13.1 Å². The van der Waals surface area contributed by atoms with Gasteiger partial charge in [0.05, 0.1) is 13.1 Å². The fraction of sp³-hybridized carbons (Fsp3) is 0.500. The number of hydrogen-bond acceptors (Lipinski definition) is 3. The minimum Gasteiger partial charge on any atom is -0.335 e. The largest absolute Gasteiger partial charge is 0.346 e. The Morgan fingerprint density at radius 1 is 1.33 bits per heavy atom. The molecule has 2 aromatic rings. The van der Waals surface area contributed by atoms with Gasteiger partial charge >= 0.3 is 5.69 Å². The average molecular weight is 380 g/mol. The van der Waals surface area contributed by atoms with Crippen molar-refractivity contribution in [1.82, 2.24) is 19.2 Å². The molecule has 0 aliphatic carbocycles. The summed E-state index contributed by atoms with van der Waals surface area (Å²) in [5, 5.41) is 4.29. The van der Waals surface area contributed by atoms with Gasteiger partial charge in [0.15, 0.2) is 0 Å². The second kappa shape index (κ2) is 6.54. The molecule has 1 amide bonds. The molecule has 6 nitrogen and oxygen atoms in total. The Kier molecular flexibility index (Phi) is 4.32. The number of fused-ring (bicyclic) bond motifs is 1. The van der Waals surface area contributed by atoms with Crippen LogP contribution in [-0.4, -0.2) is 44.2 Å². The standard InChI is InChI=1S/C18H19F3N4O2/c19-13-4-1-3-12(9-13)10-24-17(27)25-14(5-2-6-15(25)22-24)16(26)23-8-7-18(20,21)11-23/h1,3-4,9,14H,2,5-8,10-11H2/t14-/m1/s1. The lowest BCUT2D eigenvalue weighted by atomic mass is 10.0. The van der Waals surface area contributed by atoms with Gasteiger partial charge in [0, 0.05) is 19.4 Å². The summed E-state index contributed by atoms with van der Waals surface area (Å²) < 4.78 is 42.8. The predicted molar refractivity (Wildman–Crippen MR) is 90.1 cm³/mol. The maximum absolute atomic E-state index is 13.5. The van der Waals surface area contributed by atoms with Crippen molar-refractivity contribution in [3.8, 4) is 0 Å². The van der Waals surface area contributed by atoms with Crippen LogP contribution in [0.3, 0.4) is 0 Å². The molecule has 27 heavy (non-hydrogen) atoms. The van der Waals surface area contributed by atoms with Gasteiger partial charge in [-0.15, -0.1) is 0 Å². The number of carbonyl (C=O) groups excluding carboxylic acids is 1. The molecule has 4 rings (SSSR count). The van der Waals surface area contributed by atoms with Crippen LogP contribution in [0.15, 0.2) is 29.1 Å². The molecule has 0 N–H and O–H groups in total. The molecule has 2 aliphatic rings. The number of benzene rings is 1. The summed E-state index contributed by atoms with van der Waals surface area (Å²) in [6.07, 6.45) is 1.24. The van der Waals surface area contributed by atoms with Gasteiger partial charge in [0.2, 0.25) is 5.91 Å². The van der Waals surface area contributed by atoms with Gasteiger partial charge in [-0.25, -0.2) is 22.6 Å². The number of halogens is 3. The molecular weight excluding hydrogens is 361 g/mol. The van der Waals surface area contributed by atoms with Crippen LogP contribution in [0.2, 0.25) is 0 Å². The van der Waals surface area contributed by atoms with E-state index < -0.39 is 35.9 Å². The molecule has 9 heteroatoms. The predicted octanol–water partition coefficient (Wildman–Crippen LogP) is 1.98. The van der Waals surface area contributed by atoms with Crippen LogP contribution in [0.5, 0.6) is 0 Å². The molecule has 144 valence electrons. The summed E-state index contributed by atoms with van der Waals surface area (Å²) in [7, 11) is 0. The highest BCUT2D eigenvalue weighted by Crippen LogP contribution is 2.31. The summed E-state index contributed by atoms with van der Waals surface area (Å²) in [6, 6.07) is 5.05. The van der Waals surface area contributed by atoms with Crippen molar-refractivity contribution >= 4 is 5.91 Å². The first-order valence-corrected chi connectivity index (χ1v) is 8.93. The Balaban J connectivity index is 1.62. The first-order valence-electron chi connectivity index (χ1n) is 8.93. The molecule has 3 heterocycles.